The Morgan fingerprint density at radius 3 is 1.49 bits per heavy atom. The van der Waals surface area contributed by atoms with E-state index in [0.29, 0.717) is 6.42 Å². The molecular weight excluding hydrogens is 482 g/mol. The molecule has 0 aromatic carbocycles. The largest absolute Gasteiger partial charge is 0.394 e. The van der Waals surface area contributed by atoms with E-state index in [1.807, 2.05) is 6.08 Å². The van der Waals surface area contributed by atoms with Crippen LogP contribution in [-0.2, 0) is 4.79 Å². The summed E-state index contributed by atoms with van der Waals surface area (Å²) in [5.41, 5.74) is 0. The van der Waals surface area contributed by atoms with Gasteiger partial charge in [-0.25, -0.2) is 0 Å². The van der Waals surface area contributed by atoms with Gasteiger partial charge in [-0.05, 0) is 32.1 Å². The van der Waals surface area contributed by atoms with E-state index in [4.69, 9.17) is 0 Å². The van der Waals surface area contributed by atoms with Crippen LogP contribution in [0, 0.1) is 0 Å². The molecule has 0 aliphatic heterocycles. The lowest BCUT2D eigenvalue weighted by atomic mass is 10.0. The Labute approximate surface area is 243 Å². The summed E-state index contributed by atoms with van der Waals surface area (Å²) in [7, 11) is 0. The fourth-order valence-corrected chi connectivity index (χ4v) is 5.02. The Balaban J connectivity index is 3.67. The van der Waals surface area contributed by atoms with Gasteiger partial charge in [0.1, 0.15) is 0 Å². The predicted octanol–water partition coefficient (Wildman–Crippen LogP) is 9.73. The van der Waals surface area contributed by atoms with Crippen LogP contribution in [0.4, 0.5) is 0 Å². The summed E-state index contributed by atoms with van der Waals surface area (Å²) >= 11 is 0. The Morgan fingerprint density at radius 1 is 0.590 bits per heavy atom. The van der Waals surface area contributed by atoms with Crippen LogP contribution in [0.1, 0.15) is 174 Å². The van der Waals surface area contributed by atoms with Gasteiger partial charge in [-0.1, -0.05) is 160 Å². The number of unbranched alkanes of at least 4 members (excludes halogenated alkanes) is 21. The first kappa shape index (κ1) is 37.9. The third-order valence-electron chi connectivity index (χ3n) is 7.69. The standard InChI is InChI=1S/C35H67NO3/c1-3-5-7-9-11-13-14-15-16-17-18-19-20-21-23-24-26-28-30-34(38)33(32-37)36-35(39)31-29-27-25-22-12-10-8-6-4-2/h21,23,28,30,33-34,37-38H,3-20,22,24-27,29,31-32H2,1-2H3,(H,36,39)/b23-21+,30-28+. The van der Waals surface area contributed by atoms with Crippen molar-refractivity contribution < 1.29 is 15.0 Å². The van der Waals surface area contributed by atoms with Crippen molar-refractivity contribution in [1.29, 1.82) is 0 Å². The molecule has 0 bridgehead atoms. The van der Waals surface area contributed by atoms with E-state index >= 15 is 0 Å². The first-order valence-corrected chi connectivity index (χ1v) is 17.1. The molecule has 0 heterocycles. The normalized spacial score (nSPS) is 13.4. The van der Waals surface area contributed by atoms with Gasteiger partial charge < -0.3 is 15.5 Å². The minimum Gasteiger partial charge on any atom is -0.394 e. The van der Waals surface area contributed by atoms with Crippen molar-refractivity contribution in [3.63, 3.8) is 0 Å². The molecule has 0 aliphatic carbocycles. The predicted molar refractivity (Wildman–Crippen MR) is 170 cm³/mol. The van der Waals surface area contributed by atoms with Crippen LogP contribution in [-0.4, -0.2) is 34.9 Å². The average Bonchev–Trinajstić information content (AvgIpc) is 2.94. The zero-order chi connectivity index (χ0) is 28.7. The molecule has 0 rings (SSSR count). The molecule has 0 saturated heterocycles. The zero-order valence-electron chi connectivity index (χ0n) is 26.2. The zero-order valence-corrected chi connectivity index (χ0v) is 26.2. The lowest BCUT2D eigenvalue weighted by Crippen LogP contribution is -2.45. The number of amides is 1. The minimum absolute atomic E-state index is 0.0785. The maximum Gasteiger partial charge on any atom is 0.220 e. The first-order valence-electron chi connectivity index (χ1n) is 17.1. The highest BCUT2D eigenvalue weighted by Crippen LogP contribution is 2.13. The SMILES string of the molecule is CCCCCCCCCCCCCC/C=C/CC/C=C/C(O)C(CO)NC(=O)CCCCCCCCCCC. The quantitative estimate of drug-likeness (QED) is 0.0617. The molecule has 0 aliphatic rings. The number of hydrogen-bond acceptors (Lipinski definition) is 3. The van der Waals surface area contributed by atoms with Crippen LogP contribution < -0.4 is 5.32 Å². The molecule has 0 radical (unpaired) electrons. The van der Waals surface area contributed by atoms with Gasteiger partial charge in [0.05, 0.1) is 18.8 Å². The molecule has 1 amide bonds. The lowest BCUT2D eigenvalue weighted by Gasteiger charge is -2.19. The van der Waals surface area contributed by atoms with E-state index < -0.39 is 12.1 Å². The number of allylic oxidation sites excluding steroid dienone is 3. The van der Waals surface area contributed by atoms with Gasteiger partial charge in [-0.15, -0.1) is 0 Å². The van der Waals surface area contributed by atoms with E-state index in [-0.39, 0.29) is 12.5 Å². The summed E-state index contributed by atoms with van der Waals surface area (Å²) in [6.45, 7) is 4.26. The van der Waals surface area contributed by atoms with Crippen LogP contribution in [0.15, 0.2) is 24.3 Å². The average molecular weight is 550 g/mol. The van der Waals surface area contributed by atoms with E-state index in [1.165, 1.54) is 122 Å². The van der Waals surface area contributed by atoms with Crippen molar-refractivity contribution in [1.82, 2.24) is 5.32 Å². The van der Waals surface area contributed by atoms with Crippen molar-refractivity contribution in [2.45, 2.75) is 187 Å². The summed E-state index contributed by atoms with van der Waals surface area (Å²) < 4.78 is 0. The van der Waals surface area contributed by atoms with Crippen LogP contribution in [0.2, 0.25) is 0 Å². The Hall–Kier alpha value is -1.13. The summed E-state index contributed by atoms with van der Waals surface area (Å²) in [4.78, 5) is 12.2. The Bertz CT molecular complexity index is 560. The fourth-order valence-electron chi connectivity index (χ4n) is 5.02. The molecule has 2 atom stereocenters. The van der Waals surface area contributed by atoms with E-state index in [1.54, 1.807) is 6.08 Å². The molecule has 0 spiro atoms. The van der Waals surface area contributed by atoms with E-state index in [2.05, 4.69) is 31.3 Å². The van der Waals surface area contributed by atoms with Crippen LogP contribution in [0.25, 0.3) is 0 Å². The van der Waals surface area contributed by atoms with E-state index in [9.17, 15) is 15.0 Å². The monoisotopic (exact) mass is 550 g/mol. The Kier molecular flexibility index (Phi) is 30.5. The van der Waals surface area contributed by atoms with Gasteiger partial charge in [0.15, 0.2) is 0 Å². The van der Waals surface area contributed by atoms with Gasteiger partial charge in [0.25, 0.3) is 0 Å². The highest BCUT2D eigenvalue weighted by atomic mass is 16.3. The second kappa shape index (κ2) is 31.4. The maximum absolute atomic E-state index is 12.2. The van der Waals surface area contributed by atoms with Crippen molar-refractivity contribution in [2.24, 2.45) is 0 Å². The Morgan fingerprint density at radius 2 is 1.00 bits per heavy atom. The second-order valence-corrected chi connectivity index (χ2v) is 11.6. The third kappa shape index (κ3) is 28.2. The highest BCUT2D eigenvalue weighted by molar-refractivity contribution is 5.76. The molecule has 0 fully saturated rings. The summed E-state index contributed by atoms with van der Waals surface area (Å²) in [6.07, 6.45) is 38.3. The molecule has 230 valence electrons. The van der Waals surface area contributed by atoms with Crippen molar-refractivity contribution >= 4 is 5.91 Å². The molecule has 39 heavy (non-hydrogen) atoms. The van der Waals surface area contributed by atoms with Crippen LogP contribution in [0.5, 0.6) is 0 Å². The second-order valence-electron chi connectivity index (χ2n) is 11.6. The molecule has 0 aromatic rings. The fraction of sp³-hybridized carbons (Fsp3) is 0.857. The van der Waals surface area contributed by atoms with Crippen LogP contribution in [0.3, 0.4) is 0 Å². The molecule has 2 unspecified atom stereocenters. The van der Waals surface area contributed by atoms with Gasteiger partial charge in [0, 0.05) is 6.42 Å². The molecule has 4 heteroatoms. The molecular formula is C35H67NO3. The van der Waals surface area contributed by atoms with Gasteiger partial charge >= 0.3 is 0 Å². The van der Waals surface area contributed by atoms with Crippen LogP contribution >= 0.6 is 0 Å². The van der Waals surface area contributed by atoms with Crippen molar-refractivity contribution in [3.8, 4) is 0 Å². The van der Waals surface area contributed by atoms with Gasteiger partial charge in [0.2, 0.25) is 5.91 Å². The summed E-state index contributed by atoms with van der Waals surface area (Å²) in [5, 5.41) is 22.7. The molecule has 4 nitrogen and oxygen atoms in total. The minimum atomic E-state index is -0.855. The maximum atomic E-state index is 12.2. The van der Waals surface area contributed by atoms with Gasteiger partial charge in [-0.2, -0.15) is 0 Å². The summed E-state index contributed by atoms with van der Waals surface area (Å²) in [5.74, 6) is -0.0785. The number of aliphatic hydroxyl groups is 2. The number of hydrogen-bond donors (Lipinski definition) is 3. The van der Waals surface area contributed by atoms with Gasteiger partial charge in [-0.3, -0.25) is 4.79 Å². The van der Waals surface area contributed by atoms with E-state index in [0.717, 1.165) is 32.1 Å². The molecule has 0 saturated carbocycles. The number of rotatable bonds is 30. The number of carbonyl (C=O) groups is 1. The third-order valence-corrected chi connectivity index (χ3v) is 7.69. The summed E-state index contributed by atoms with van der Waals surface area (Å²) in [6, 6.07) is -0.631. The number of nitrogens with one attached hydrogen (secondary N) is 1. The smallest absolute Gasteiger partial charge is 0.220 e. The lowest BCUT2D eigenvalue weighted by molar-refractivity contribution is -0.123. The first-order chi connectivity index (χ1) is 19.2. The number of aliphatic hydroxyl groups excluding tert-OH is 2. The highest BCUT2D eigenvalue weighted by Gasteiger charge is 2.17. The number of carbonyl (C=O) groups excluding carboxylic acids is 1. The molecule has 3 N–H and O–H groups in total. The van der Waals surface area contributed by atoms with Crippen molar-refractivity contribution in [3.05, 3.63) is 24.3 Å². The topological polar surface area (TPSA) is 69.6 Å². The molecule has 0 aromatic heterocycles. The van der Waals surface area contributed by atoms with Crippen molar-refractivity contribution in [2.75, 3.05) is 6.61 Å².